The fourth-order valence-corrected chi connectivity index (χ4v) is 4.41. The van der Waals surface area contributed by atoms with E-state index in [4.69, 9.17) is 4.74 Å². The van der Waals surface area contributed by atoms with E-state index in [1.807, 2.05) is 12.1 Å². The highest BCUT2D eigenvalue weighted by Crippen LogP contribution is 2.26. The Labute approximate surface area is 171 Å². The monoisotopic (exact) mass is 410 g/mol. The average molecular weight is 411 g/mol. The van der Waals surface area contributed by atoms with E-state index in [0.717, 1.165) is 64.0 Å². The van der Waals surface area contributed by atoms with Crippen molar-refractivity contribution in [2.75, 3.05) is 13.2 Å². The minimum atomic E-state index is -3.26. The molecule has 1 saturated carbocycles. The van der Waals surface area contributed by atoms with Gasteiger partial charge in [0, 0.05) is 12.6 Å². The van der Waals surface area contributed by atoms with Crippen LogP contribution < -0.4 is 14.8 Å². The van der Waals surface area contributed by atoms with Crippen molar-refractivity contribution in [2.24, 2.45) is 5.92 Å². The van der Waals surface area contributed by atoms with Crippen LogP contribution in [0.4, 0.5) is 0 Å². The SMILES string of the molecule is CCCCOc1cccc(CNC[C@H]2CC[C@H](NS(=O)(=O)C(C)(C)C)CC2)c1. The molecule has 1 aromatic carbocycles. The highest BCUT2D eigenvalue weighted by Gasteiger charge is 2.32. The Hall–Kier alpha value is -1.11. The molecule has 0 unspecified atom stereocenters. The number of ether oxygens (including phenoxy) is 1. The van der Waals surface area contributed by atoms with Gasteiger partial charge < -0.3 is 10.1 Å². The van der Waals surface area contributed by atoms with Crippen molar-refractivity contribution in [3.8, 4) is 5.75 Å². The number of sulfonamides is 1. The van der Waals surface area contributed by atoms with E-state index in [0.29, 0.717) is 5.92 Å². The summed E-state index contributed by atoms with van der Waals surface area (Å²) in [6.07, 6.45) is 6.18. The van der Waals surface area contributed by atoms with Crippen molar-refractivity contribution in [2.45, 2.75) is 83.6 Å². The summed E-state index contributed by atoms with van der Waals surface area (Å²) >= 11 is 0. The summed E-state index contributed by atoms with van der Waals surface area (Å²) in [5.74, 6) is 1.55. The van der Waals surface area contributed by atoms with Gasteiger partial charge in [0.2, 0.25) is 10.0 Å². The van der Waals surface area contributed by atoms with Crippen LogP contribution >= 0.6 is 0 Å². The third-order valence-electron chi connectivity index (χ3n) is 5.40. The third-order valence-corrected chi connectivity index (χ3v) is 7.66. The first-order valence-corrected chi connectivity index (χ1v) is 12.1. The zero-order valence-electron chi connectivity index (χ0n) is 18.0. The molecule has 0 heterocycles. The first-order chi connectivity index (χ1) is 13.2. The van der Waals surface area contributed by atoms with E-state index in [9.17, 15) is 8.42 Å². The maximum Gasteiger partial charge on any atom is 0.216 e. The van der Waals surface area contributed by atoms with Crippen LogP contribution in [0.25, 0.3) is 0 Å². The molecule has 2 rings (SSSR count). The van der Waals surface area contributed by atoms with Crippen molar-refractivity contribution in [3.05, 3.63) is 29.8 Å². The summed E-state index contributed by atoms with van der Waals surface area (Å²) in [6.45, 7) is 9.98. The predicted octanol–water partition coefficient (Wildman–Crippen LogP) is 4.23. The molecular weight excluding hydrogens is 372 g/mol. The van der Waals surface area contributed by atoms with Crippen LogP contribution in [-0.4, -0.2) is 32.4 Å². The molecule has 0 spiro atoms. The zero-order chi connectivity index (χ0) is 20.6. The van der Waals surface area contributed by atoms with Crippen molar-refractivity contribution in [3.63, 3.8) is 0 Å². The van der Waals surface area contributed by atoms with Gasteiger partial charge in [-0.05, 0) is 83.0 Å². The normalized spacial score (nSPS) is 20.9. The molecule has 6 heteroatoms. The van der Waals surface area contributed by atoms with Crippen LogP contribution in [0.1, 0.15) is 71.8 Å². The smallest absolute Gasteiger partial charge is 0.216 e. The molecule has 0 atom stereocenters. The van der Waals surface area contributed by atoms with Gasteiger partial charge in [0.1, 0.15) is 5.75 Å². The molecule has 0 radical (unpaired) electrons. The second kappa shape index (κ2) is 10.6. The highest BCUT2D eigenvalue weighted by atomic mass is 32.2. The molecule has 28 heavy (non-hydrogen) atoms. The van der Waals surface area contributed by atoms with Gasteiger partial charge in [-0.1, -0.05) is 25.5 Å². The van der Waals surface area contributed by atoms with Crippen LogP contribution in [0.3, 0.4) is 0 Å². The second-order valence-electron chi connectivity index (χ2n) is 8.93. The minimum absolute atomic E-state index is 0.0810. The molecule has 0 aromatic heterocycles. The molecule has 1 fully saturated rings. The molecule has 1 aliphatic rings. The number of benzene rings is 1. The van der Waals surface area contributed by atoms with Crippen LogP contribution in [0, 0.1) is 5.92 Å². The standard InChI is InChI=1S/C22H38N2O3S/c1-5-6-14-27-21-9-7-8-19(15-21)17-23-16-18-10-12-20(13-11-18)24-28(25,26)22(2,3)4/h7-9,15,18,20,23-24H,5-6,10-14,16-17H2,1-4H3/t18-,20-. The molecule has 0 bridgehead atoms. The third kappa shape index (κ3) is 7.37. The number of rotatable bonds is 10. The van der Waals surface area contributed by atoms with Gasteiger partial charge in [0.05, 0.1) is 11.4 Å². The van der Waals surface area contributed by atoms with Gasteiger partial charge in [0.25, 0.3) is 0 Å². The number of nitrogens with one attached hydrogen (secondary N) is 2. The van der Waals surface area contributed by atoms with Crippen LogP contribution in [0.5, 0.6) is 5.75 Å². The van der Waals surface area contributed by atoms with E-state index in [-0.39, 0.29) is 6.04 Å². The molecular formula is C22H38N2O3S. The number of unbranched alkanes of at least 4 members (excludes halogenated alkanes) is 1. The van der Waals surface area contributed by atoms with E-state index in [1.54, 1.807) is 20.8 Å². The lowest BCUT2D eigenvalue weighted by Gasteiger charge is -2.31. The van der Waals surface area contributed by atoms with E-state index in [2.05, 4.69) is 29.1 Å². The lowest BCUT2D eigenvalue weighted by atomic mass is 9.86. The molecule has 1 aliphatic carbocycles. The first-order valence-electron chi connectivity index (χ1n) is 10.7. The fourth-order valence-electron chi connectivity index (χ4n) is 3.38. The summed E-state index contributed by atoms with van der Waals surface area (Å²) in [4.78, 5) is 0. The maximum absolute atomic E-state index is 12.3. The summed E-state index contributed by atoms with van der Waals surface area (Å²) in [5.41, 5.74) is 1.24. The Bertz CT molecular complexity index is 690. The van der Waals surface area contributed by atoms with Gasteiger partial charge in [-0.2, -0.15) is 0 Å². The molecule has 2 N–H and O–H groups in total. The average Bonchev–Trinajstić information content (AvgIpc) is 2.63. The van der Waals surface area contributed by atoms with Gasteiger partial charge >= 0.3 is 0 Å². The lowest BCUT2D eigenvalue weighted by molar-refractivity contribution is 0.300. The summed E-state index contributed by atoms with van der Waals surface area (Å²) in [5, 5.41) is 3.56. The summed E-state index contributed by atoms with van der Waals surface area (Å²) < 4.78 is 32.5. The van der Waals surface area contributed by atoms with Crippen molar-refractivity contribution >= 4 is 10.0 Å². The van der Waals surface area contributed by atoms with E-state index < -0.39 is 14.8 Å². The quantitative estimate of drug-likeness (QED) is 0.567. The lowest BCUT2D eigenvalue weighted by Crippen LogP contribution is -2.46. The van der Waals surface area contributed by atoms with Crippen molar-refractivity contribution in [1.29, 1.82) is 0 Å². The molecule has 160 valence electrons. The Morgan fingerprint density at radius 3 is 2.50 bits per heavy atom. The largest absolute Gasteiger partial charge is 0.494 e. The van der Waals surface area contributed by atoms with Gasteiger partial charge in [-0.3, -0.25) is 0 Å². The molecule has 5 nitrogen and oxygen atoms in total. The molecule has 1 aromatic rings. The minimum Gasteiger partial charge on any atom is -0.494 e. The van der Waals surface area contributed by atoms with E-state index in [1.165, 1.54) is 5.56 Å². The zero-order valence-corrected chi connectivity index (χ0v) is 18.8. The predicted molar refractivity (Wildman–Crippen MR) is 116 cm³/mol. The van der Waals surface area contributed by atoms with Crippen LogP contribution in [0.15, 0.2) is 24.3 Å². The van der Waals surface area contributed by atoms with Gasteiger partial charge in [0.15, 0.2) is 0 Å². The van der Waals surface area contributed by atoms with Crippen LogP contribution in [0.2, 0.25) is 0 Å². The highest BCUT2D eigenvalue weighted by molar-refractivity contribution is 7.90. The van der Waals surface area contributed by atoms with Crippen molar-refractivity contribution in [1.82, 2.24) is 10.0 Å². The Kier molecular flexibility index (Phi) is 8.78. The van der Waals surface area contributed by atoms with Crippen LogP contribution in [-0.2, 0) is 16.6 Å². The number of hydrogen-bond donors (Lipinski definition) is 2. The maximum atomic E-state index is 12.3. The molecule has 0 saturated heterocycles. The Balaban J connectivity index is 1.70. The fraction of sp³-hybridized carbons (Fsp3) is 0.727. The van der Waals surface area contributed by atoms with Gasteiger partial charge in [-0.15, -0.1) is 0 Å². The van der Waals surface area contributed by atoms with Gasteiger partial charge in [-0.25, -0.2) is 13.1 Å². The topological polar surface area (TPSA) is 67.4 Å². The number of hydrogen-bond acceptors (Lipinski definition) is 4. The van der Waals surface area contributed by atoms with E-state index >= 15 is 0 Å². The molecule has 0 amide bonds. The van der Waals surface area contributed by atoms with Crippen molar-refractivity contribution < 1.29 is 13.2 Å². The summed E-state index contributed by atoms with van der Waals surface area (Å²) in [6, 6.07) is 8.38. The summed E-state index contributed by atoms with van der Waals surface area (Å²) in [7, 11) is -3.26. The first kappa shape index (κ1) is 23.2. The Morgan fingerprint density at radius 2 is 1.86 bits per heavy atom. The Morgan fingerprint density at radius 1 is 1.14 bits per heavy atom. The second-order valence-corrected chi connectivity index (χ2v) is 11.4. The molecule has 0 aliphatic heterocycles.